The van der Waals surface area contributed by atoms with Crippen molar-refractivity contribution < 1.29 is 14.3 Å². The predicted molar refractivity (Wildman–Crippen MR) is 81.2 cm³/mol. The Hall–Kier alpha value is -2.04. The summed E-state index contributed by atoms with van der Waals surface area (Å²) >= 11 is 0. The molecule has 1 fully saturated rings. The molecule has 1 aliphatic heterocycles. The number of hydrogen-bond acceptors (Lipinski definition) is 4. The molecule has 0 radical (unpaired) electrons. The second kappa shape index (κ2) is 7.11. The predicted octanol–water partition coefficient (Wildman–Crippen LogP) is 1.51. The number of hydrogen-bond donors (Lipinski definition) is 1. The third-order valence-corrected chi connectivity index (χ3v) is 3.55. The van der Waals surface area contributed by atoms with Crippen LogP contribution in [0.4, 0.5) is 5.69 Å². The van der Waals surface area contributed by atoms with Crippen molar-refractivity contribution in [1.29, 1.82) is 0 Å². The normalized spacial score (nSPS) is 15.0. The SMILES string of the molecule is CCOC(=O)[C@H](Cc1ccc(N2CCC2)cc1)NC(C)=O. The summed E-state index contributed by atoms with van der Waals surface area (Å²) in [4.78, 5) is 25.4. The Morgan fingerprint density at radius 3 is 2.43 bits per heavy atom. The van der Waals surface area contributed by atoms with Crippen LogP contribution in [-0.4, -0.2) is 37.6 Å². The van der Waals surface area contributed by atoms with Gasteiger partial charge in [0.1, 0.15) is 6.04 Å². The van der Waals surface area contributed by atoms with Gasteiger partial charge in [-0.25, -0.2) is 4.79 Å². The van der Waals surface area contributed by atoms with Gasteiger partial charge in [0, 0.05) is 32.1 Å². The molecular weight excluding hydrogens is 268 g/mol. The topological polar surface area (TPSA) is 58.6 Å². The van der Waals surface area contributed by atoms with Crippen LogP contribution >= 0.6 is 0 Å². The van der Waals surface area contributed by atoms with E-state index < -0.39 is 6.04 Å². The lowest BCUT2D eigenvalue weighted by Gasteiger charge is -2.33. The summed E-state index contributed by atoms with van der Waals surface area (Å²) in [5, 5.41) is 2.65. The van der Waals surface area contributed by atoms with E-state index in [0.717, 1.165) is 18.7 Å². The zero-order valence-corrected chi connectivity index (χ0v) is 12.6. The molecule has 1 N–H and O–H groups in total. The highest BCUT2D eigenvalue weighted by molar-refractivity contribution is 5.83. The fourth-order valence-electron chi connectivity index (χ4n) is 2.33. The van der Waals surface area contributed by atoms with Crippen LogP contribution < -0.4 is 10.2 Å². The van der Waals surface area contributed by atoms with Gasteiger partial charge >= 0.3 is 5.97 Å². The molecule has 5 nitrogen and oxygen atoms in total. The molecule has 114 valence electrons. The molecule has 0 spiro atoms. The van der Waals surface area contributed by atoms with Crippen molar-refractivity contribution in [1.82, 2.24) is 5.32 Å². The third kappa shape index (κ3) is 4.21. The van der Waals surface area contributed by atoms with Crippen LogP contribution in [0, 0.1) is 0 Å². The van der Waals surface area contributed by atoms with Crippen LogP contribution in [0.3, 0.4) is 0 Å². The highest BCUT2D eigenvalue weighted by Crippen LogP contribution is 2.21. The fourth-order valence-corrected chi connectivity index (χ4v) is 2.33. The molecule has 0 aromatic heterocycles. The monoisotopic (exact) mass is 290 g/mol. The molecule has 1 amide bonds. The van der Waals surface area contributed by atoms with Gasteiger partial charge in [0.25, 0.3) is 0 Å². The molecule has 1 aromatic carbocycles. The summed E-state index contributed by atoms with van der Waals surface area (Å²) < 4.78 is 5.00. The summed E-state index contributed by atoms with van der Waals surface area (Å²) in [6.45, 7) is 5.68. The molecule has 21 heavy (non-hydrogen) atoms. The smallest absolute Gasteiger partial charge is 0.328 e. The van der Waals surface area contributed by atoms with Gasteiger partial charge in [0.15, 0.2) is 0 Å². The van der Waals surface area contributed by atoms with Crippen molar-refractivity contribution in [2.75, 3.05) is 24.6 Å². The third-order valence-electron chi connectivity index (χ3n) is 3.55. The van der Waals surface area contributed by atoms with Crippen LogP contribution in [0.2, 0.25) is 0 Å². The Morgan fingerprint density at radius 2 is 1.95 bits per heavy atom. The first kappa shape index (κ1) is 15.4. The Labute approximate surface area is 125 Å². The van der Waals surface area contributed by atoms with E-state index in [0.29, 0.717) is 13.0 Å². The highest BCUT2D eigenvalue weighted by Gasteiger charge is 2.21. The molecule has 2 rings (SSSR count). The van der Waals surface area contributed by atoms with Gasteiger partial charge in [-0.15, -0.1) is 0 Å². The van der Waals surface area contributed by atoms with Crippen molar-refractivity contribution in [2.45, 2.75) is 32.7 Å². The zero-order valence-electron chi connectivity index (χ0n) is 12.6. The van der Waals surface area contributed by atoms with E-state index in [4.69, 9.17) is 4.74 Å². The average molecular weight is 290 g/mol. The first-order valence-corrected chi connectivity index (χ1v) is 7.37. The van der Waals surface area contributed by atoms with E-state index in [1.54, 1.807) is 6.92 Å². The minimum atomic E-state index is -0.627. The molecule has 5 heteroatoms. The van der Waals surface area contributed by atoms with Crippen molar-refractivity contribution in [2.24, 2.45) is 0 Å². The van der Waals surface area contributed by atoms with Crippen LogP contribution in [0.5, 0.6) is 0 Å². The number of anilines is 1. The van der Waals surface area contributed by atoms with Crippen molar-refractivity contribution in [3.63, 3.8) is 0 Å². The number of rotatable bonds is 6. The second-order valence-electron chi connectivity index (χ2n) is 5.22. The number of esters is 1. The molecule has 0 saturated carbocycles. The molecule has 1 aliphatic rings. The number of ether oxygens (including phenoxy) is 1. The van der Waals surface area contributed by atoms with Crippen molar-refractivity contribution >= 4 is 17.6 Å². The van der Waals surface area contributed by atoms with Crippen molar-refractivity contribution in [3.05, 3.63) is 29.8 Å². The number of nitrogens with zero attached hydrogens (tertiary/aromatic N) is 1. The first-order valence-electron chi connectivity index (χ1n) is 7.37. The molecular formula is C16H22N2O3. The van der Waals surface area contributed by atoms with Gasteiger partial charge in [0.2, 0.25) is 5.91 Å². The van der Waals surface area contributed by atoms with Gasteiger partial charge < -0.3 is 15.0 Å². The second-order valence-corrected chi connectivity index (χ2v) is 5.22. The van der Waals surface area contributed by atoms with Crippen LogP contribution in [0.1, 0.15) is 25.8 Å². The number of amides is 1. The summed E-state index contributed by atoms with van der Waals surface area (Å²) in [7, 11) is 0. The van der Waals surface area contributed by atoms with Gasteiger partial charge in [-0.05, 0) is 31.0 Å². The fraction of sp³-hybridized carbons (Fsp3) is 0.500. The average Bonchev–Trinajstić information content (AvgIpc) is 2.38. The Bertz CT molecular complexity index is 495. The van der Waals surface area contributed by atoms with E-state index in [-0.39, 0.29) is 11.9 Å². The lowest BCUT2D eigenvalue weighted by atomic mass is 10.0. The van der Waals surface area contributed by atoms with E-state index in [9.17, 15) is 9.59 Å². The maximum Gasteiger partial charge on any atom is 0.328 e. The number of nitrogens with one attached hydrogen (secondary N) is 1. The first-order chi connectivity index (χ1) is 10.1. The molecule has 0 aliphatic carbocycles. The summed E-state index contributed by atoms with van der Waals surface area (Å²) in [6.07, 6.45) is 1.69. The number of benzene rings is 1. The number of carbonyl (C=O) groups is 2. The molecule has 1 saturated heterocycles. The molecule has 0 bridgehead atoms. The maximum absolute atomic E-state index is 11.9. The lowest BCUT2D eigenvalue weighted by molar-refractivity contribution is -0.147. The van der Waals surface area contributed by atoms with Gasteiger partial charge in [-0.3, -0.25) is 4.79 Å². The molecule has 1 heterocycles. The van der Waals surface area contributed by atoms with Crippen LogP contribution in [-0.2, 0) is 20.7 Å². The highest BCUT2D eigenvalue weighted by atomic mass is 16.5. The van der Waals surface area contributed by atoms with Gasteiger partial charge in [-0.1, -0.05) is 12.1 Å². The van der Waals surface area contributed by atoms with E-state index in [1.165, 1.54) is 19.0 Å². The molecule has 1 atom stereocenters. The minimum absolute atomic E-state index is 0.231. The van der Waals surface area contributed by atoms with Crippen LogP contribution in [0.15, 0.2) is 24.3 Å². The van der Waals surface area contributed by atoms with Gasteiger partial charge in [0.05, 0.1) is 6.61 Å². The molecule has 0 unspecified atom stereocenters. The Balaban J connectivity index is 2.00. The standard InChI is InChI=1S/C16H22N2O3/c1-3-21-16(20)15(17-12(2)19)11-13-5-7-14(8-6-13)18-9-4-10-18/h5-8,15H,3-4,9-11H2,1-2H3,(H,17,19)/t15-/m0/s1. The van der Waals surface area contributed by atoms with E-state index in [1.807, 2.05) is 12.1 Å². The Kier molecular flexibility index (Phi) is 5.20. The lowest BCUT2D eigenvalue weighted by Crippen LogP contribution is -2.42. The van der Waals surface area contributed by atoms with E-state index >= 15 is 0 Å². The zero-order chi connectivity index (χ0) is 15.2. The van der Waals surface area contributed by atoms with Crippen LogP contribution in [0.25, 0.3) is 0 Å². The summed E-state index contributed by atoms with van der Waals surface area (Å²) in [5.74, 6) is -0.621. The largest absolute Gasteiger partial charge is 0.464 e. The van der Waals surface area contributed by atoms with Crippen molar-refractivity contribution in [3.8, 4) is 0 Å². The summed E-state index contributed by atoms with van der Waals surface area (Å²) in [6, 6.07) is 7.50. The molecule has 1 aromatic rings. The maximum atomic E-state index is 11.9. The minimum Gasteiger partial charge on any atom is -0.464 e. The van der Waals surface area contributed by atoms with Gasteiger partial charge in [-0.2, -0.15) is 0 Å². The summed E-state index contributed by atoms with van der Waals surface area (Å²) in [5.41, 5.74) is 2.21. The van der Waals surface area contributed by atoms with E-state index in [2.05, 4.69) is 22.3 Å². The Morgan fingerprint density at radius 1 is 1.29 bits per heavy atom. The number of carbonyl (C=O) groups excluding carboxylic acids is 2. The quantitative estimate of drug-likeness (QED) is 0.807.